The fraction of sp³-hybridized carbons (Fsp3) is 0.600. The van der Waals surface area contributed by atoms with Crippen LogP contribution in [0.25, 0.3) is 0 Å². The van der Waals surface area contributed by atoms with Crippen LogP contribution in [0.15, 0.2) is 24.8 Å². The van der Waals surface area contributed by atoms with E-state index in [1.165, 1.54) is 38.0 Å². The molecule has 4 nitrogen and oxygen atoms in total. The van der Waals surface area contributed by atoms with Crippen molar-refractivity contribution in [3.05, 3.63) is 35.9 Å². The summed E-state index contributed by atoms with van der Waals surface area (Å²) in [5.74, 6) is 2.51. The Hall–Kier alpha value is -1.52. The third-order valence-electron chi connectivity index (χ3n) is 5.29. The molecule has 1 N–H and O–H groups in total. The monoisotopic (exact) mass is 330 g/mol. The summed E-state index contributed by atoms with van der Waals surface area (Å²) in [6.07, 6.45) is 5.39. The highest BCUT2D eigenvalue weighted by molar-refractivity contribution is 5.50. The molecule has 0 aliphatic carbocycles. The summed E-state index contributed by atoms with van der Waals surface area (Å²) in [4.78, 5) is 2.58. The molecule has 3 fully saturated rings. The zero-order valence-electron chi connectivity index (χ0n) is 15.0. The van der Waals surface area contributed by atoms with E-state index in [1.54, 1.807) is 7.11 Å². The first-order valence-corrected chi connectivity index (χ1v) is 9.14. The van der Waals surface area contributed by atoms with E-state index < -0.39 is 0 Å². The summed E-state index contributed by atoms with van der Waals surface area (Å²) in [5, 5.41) is 3.78. The van der Waals surface area contributed by atoms with Crippen molar-refractivity contribution in [1.29, 1.82) is 0 Å². The number of methoxy groups -OCH3 is 1. The molecule has 3 aliphatic heterocycles. The smallest absolute Gasteiger partial charge is 0.164 e. The Bertz CT molecular complexity index is 565. The van der Waals surface area contributed by atoms with Gasteiger partial charge in [-0.25, -0.2) is 0 Å². The average Bonchev–Trinajstić information content (AvgIpc) is 2.63. The minimum atomic E-state index is 0.618. The predicted molar refractivity (Wildman–Crippen MR) is 97.9 cm³/mol. The van der Waals surface area contributed by atoms with Gasteiger partial charge in [-0.2, -0.15) is 0 Å². The van der Waals surface area contributed by atoms with Gasteiger partial charge in [0.1, 0.15) is 0 Å². The number of ether oxygens (including phenoxy) is 2. The van der Waals surface area contributed by atoms with E-state index in [0.29, 0.717) is 12.6 Å². The van der Waals surface area contributed by atoms with E-state index in [0.717, 1.165) is 35.9 Å². The molecule has 1 atom stereocenters. The van der Waals surface area contributed by atoms with Crippen LogP contribution in [0.5, 0.6) is 11.5 Å². The van der Waals surface area contributed by atoms with E-state index in [2.05, 4.69) is 28.9 Å². The van der Waals surface area contributed by atoms with Crippen molar-refractivity contribution < 1.29 is 9.47 Å². The van der Waals surface area contributed by atoms with Gasteiger partial charge in [-0.15, -0.1) is 6.58 Å². The number of hydrogen-bond donors (Lipinski definition) is 1. The summed E-state index contributed by atoms with van der Waals surface area (Å²) in [5.41, 5.74) is 2.40. The molecule has 4 rings (SSSR count). The number of nitrogens with one attached hydrogen (secondary N) is 1. The largest absolute Gasteiger partial charge is 0.493 e. The standard InChI is InChI=1S/C20H30N2O2/c1-4-6-17-11-15(12-19(23-3)20(17)24-5-2)13-21-18-14-22-9-7-16(18)8-10-22/h4,11-12,16,18,21H,1,5-10,13-14H2,2-3H3. The fourth-order valence-corrected chi connectivity index (χ4v) is 4.04. The van der Waals surface area contributed by atoms with Crippen molar-refractivity contribution in [3.8, 4) is 11.5 Å². The molecule has 3 heterocycles. The maximum Gasteiger partial charge on any atom is 0.164 e. The summed E-state index contributed by atoms with van der Waals surface area (Å²) in [6.45, 7) is 11.1. The van der Waals surface area contributed by atoms with E-state index in [9.17, 15) is 0 Å². The van der Waals surface area contributed by atoms with Crippen molar-refractivity contribution in [2.75, 3.05) is 33.4 Å². The van der Waals surface area contributed by atoms with Gasteiger partial charge in [-0.3, -0.25) is 0 Å². The lowest BCUT2D eigenvalue weighted by molar-refractivity contribution is 0.0720. The second-order valence-corrected chi connectivity index (χ2v) is 6.84. The van der Waals surface area contributed by atoms with Gasteiger partial charge in [-0.1, -0.05) is 12.1 Å². The molecule has 3 aliphatic rings. The Morgan fingerprint density at radius 1 is 1.33 bits per heavy atom. The number of rotatable bonds is 8. The van der Waals surface area contributed by atoms with Crippen LogP contribution in [0.4, 0.5) is 0 Å². The van der Waals surface area contributed by atoms with Gasteiger partial charge in [-0.05, 0) is 56.8 Å². The van der Waals surface area contributed by atoms with Gasteiger partial charge >= 0.3 is 0 Å². The zero-order valence-corrected chi connectivity index (χ0v) is 15.0. The van der Waals surface area contributed by atoms with Crippen LogP contribution in [-0.4, -0.2) is 44.3 Å². The van der Waals surface area contributed by atoms with Crippen LogP contribution in [0, 0.1) is 5.92 Å². The quantitative estimate of drug-likeness (QED) is 0.743. The highest BCUT2D eigenvalue weighted by Gasteiger charge is 2.33. The molecular weight excluding hydrogens is 300 g/mol. The van der Waals surface area contributed by atoms with Crippen molar-refractivity contribution in [2.45, 2.75) is 38.8 Å². The first kappa shape index (κ1) is 17.3. The molecule has 4 heteroatoms. The number of nitrogens with zero attached hydrogens (tertiary/aromatic N) is 1. The fourth-order valence-electron chi connectivity index (χ4n) is 4.04. The van der Waals surface area contributed by atoms with Crippen LogP contribution in [-0.2, 0) is 13.0 Å². The lowest BCUT2D eigenvalue weighted by atomic mass is 9.84. The zero-order chi connectivity index (χ0) is 16.9. The molecular formula is C20H30N2O2. The molecule has 0 aromatic heterocycles. The summed E-state index contributed by atoms with van der Waals surface area (Å²) in [6, 6.07) is 4.95. The van der Waals surface area contributed by atoms with Crippen molar-refractivity contribution in [2.24, 2.45) is 5.92 Å². The SMILES string of the molecule is C=CCc1cc(CNC2CN3CCC2CC3)cc(OC)c1OCC. The minimum absolute atomic E-state index is 0.618. The second kappa shape index (κ2) is 8.04. The van der Waals surface area contributed by atoms with Crippen molar-refractivity contribution in [1.82, 2.24) is 10.2 Å². The summed E-state index contributed by atoms with van der Waals surface area (Å²) >= 11 is 0. The molecule has 0 spiro atoms. The minimum Gasteiger partial charge on any atom is -0.493 e. The Labute approximate surface area is 145 Å². The van der Waals surface area contributed by atoms with E-state index in [-0.39, 0.29) is 0 Å². The van der Waals surface area contributed by atoms with Crippen LogP contribution >= 0.6 is 0 Å². The molecule has 0 amide bonds. The molecule has 1 aromatic rings. The highest BCUT2D eigenvalue weighted by atomic mass is 16.5. The topological polar surface area (TPSA) is 33.7 Å². The van der Waals surface area contributed by atoms with Gasteiger partial charge in [0.25, 0.3) is 0 Å². The molecule has 1 unspecified atom stereocenters. The van der Waals surface area contributed by atoms with E-state index in [1.807, 2.05) is 13.0 Å². The lowest BCUT2D eigenvalue weighted by Gasteiger charge is -2.45. The molecule has 2 bridgehead atoms. The third-order valence-corrected chi connectivity index (χ3v) is 5.29. The Kier molecular flexibility index (Phi) is 5.80. The van der Waals surface area contributed by atoms with Gasteiger partial charge < -0.3 is 19.7 Å². The van der Waals surface area contributed by atoms with Crippen LogP contribution < -0.4 is 14.8 Å². The normalized spacial score (nSPS) is 25.5. The molecule has 132 valence electrons. The summed E-state index contributed by atoms with van der Waals surface area (Å²) < 4.78 is 11.4. The highest BCUT2D eigenvalue weighted by Crippen LogP contribution is 2.34. The number of allylic oxidation sites excluding steroid dienone is 1. The number of fused-ring (bicyclic) bond motifs is 3. The first-order valence-electron chi connectivity index (χ1n) is 9.14. The van der Waals surface area contributed by atoms with Crippen molar-refractivity contribution in [3.63, 3.8) is 0 Å². The predicted octanol–water partition coefficient (Wildman–Crippen LogP) is 3.01. The van der Waals surface area contributed by atoms with Crippen LogP contribution in [0.1, 0.15) is 30.9 Å². The second-order valence-electron chi connectivity index (χ2n) is 6.84. The molecule has 0 radical (unpaired) electrons. The maximum absolute atomic E-state index is 5.80. The third kappa shape index (κ3) is 3.76. The number of hydrogen-bond acceptors (Lipinski definition) is 4. The number of piperidine rings is 3. The van der Waals surface area contributed by atoms with Gasteiger partial charge in [0, 0.05) is 24.7 Å². The first-order chi connectivity index (χ1) is 11.7. The van der Waals surface area contributed by atoms with E-state index in [4.69, 9.17) is 9.47 Å². The number of benzene rings is 1. The molecule has 1 aromatic carbocycles. The van der Waals surface area contributed by atoms with E-state index >= 15 is 0 Å². The molecule has 0 saturated carbocycles. The average molecular weight is 330 g/mol. The Morgan fingerprint density at radius 2 is 2.12 bits per heavy atom. The van der Waals surface area contributed by atoms with Gasteiger partial charge in [0.15, 0.2) is 11.5 Å². The van der Waals surface area contributed by atoms with Gasteiger partial charge in [0.2, 0.25) is 0 Å². The molecule has 24 heavy (non-hydrogen) atoms. The molecule has 3 saturated heterocycles. The van der Waals surface area contributed by atoms with Gasteiger partial charge in [0.05, 0.1) is 13.7 Å². The van der Waals surface area contributed by atoms with Crippen LogP contribution in [0.2, 0.25) is 0 Å². The Balaban J connectivity index is 1.72. The summed E-state index contributed by atoms with van der Waals surface area (Å²) in [7, 11) is 1.71. The van der Waals surface area contributed by atoms with Crippen molar-refractivity contribution >= 4 is 0 Å². The Morgan fingerprint density at radius 3 is 2.71 bits per heavy atom. The van der Waals surface area contributed by atoms with Crippen LogP contribution in [0.3, 0.4) is 0 Å². The maximum atomic E-state index is 5.80. The lowest BCUT2D eigenvalue weighted by Crippen LogP contribution is -2.55.